The molecule has 0 aromatic heterocycles. The van der Waals surface area contributed by atoms with Crippen molar-refractivity contribution in [2.45, 2.75) is 19.8 Å². The molecule has 4 rings (SSSR count). The van der Waals surface area contributed by atoms with Crippen LogP contribution in [0.1, 0.15) is 16.7 Å². The smallest absolute Gasteiger partial charge is 0.306 e. The van der Waals surface area contributed by atoms with E-state index in [1.807, 2.05) is 36.4 Å². The molecule has 0 saturated heterocycles. The van der Waals surface area contributed by atoms with Gasteiger partial charge in [0.1, 0.15) is 29.6 Å². The first kappa shape index (κ1) is 28.0. The standard InChI is InChI=1S/C30H30O8S/c1-35-28-16-25(21-9-12-24(13-10-21)38-39(3,33)34)30(36-2)26(18-32)29(28)22-11-14-27(23(15-22)17-31)37-19-20-7-5-4-6-8-20/h4-16,31-32H,17-19H2,1-3H3. The average Bonchev–Trinajstić information content (AvgIpc) is 2.94. The summed E-state index contributed by atoms with van der Waals surface area (Å²) in [5, 5.41) is 20.5. The zero-order valence-corrected chi connectivity index (χ0v) is 22.7. The van der Waals surface area contributed by atoms with E-state index in [0.717, 1.165) is 11.8 Å². The Hall–Kier alpha value is -4.05. The van der Waals surface area contributed by atoms with E-state index in [9.17, 15) is 18.6 Å². The Kier molecular flexibility index (Phi) is 8.75. The number of hydrogen-bond donors (Lipinski definition) is 2. The molecule has 0 atom stereocenters. The van der Waals surface area contributed by atoms with Crippen molar-refractivity contribution in [3.63, 3.8) is 0 Å². The Morgan fingerprint density at radius 3 is 2.05 bits per heavy atom. The minimum atomic E-state index is -3.66. The van der Waals surface area contributed by atoms with Crippen molar-refractivity contribution < 1.29 is 37.0 Å². The van der Waals surface area contributed by atoms with Gasteiger partial charge >= 0.3 is 10.1 Å². The van der Waals surface area contributed by atoms with E-state index in [0.29, 0.717) is 57.2 Å². The molecule has 0 amide bonds. The molecule has 0 aliphatic carbocycles. The van der Waals surface area contributed by atoms with Crippen molar-refractivity contribution >= 4 is 10.1 Å². The van der Waals surface area contributed by atoms with Crippen LogP contribution in [0.15, 0.2) is 78.9 Å². The first-order chi connectivity index (χ1) is 18.8. The molecular formula is C30H30O8S. The zero-order valence-electron chi connectivity index (χ0n) is 21.9. The SMILES string of the molecule is COc1cc(-c2ccc(OS(C)(=O)=O)cc2)c(OC)c(CO)c1-c1ccc(OCc2ccccc2)c(CO)c1. The van der Waals surface area contributed by atoms with Crippen LogP contribution >= 0.6 is 0 Å². The van der Waals surface area contributed by atoms with Gasteiger partial charge in [0.15, 0.2) is 0 Å². The second-order valence-electron chi connectivity index (χ2n) is 8.74. The maximum Gasteiger partial charge on any atom is 0.306 e. The van der Waals surface area contributed by atoms with Crippen LogP contribution in [0.4, 0.5) is 0 Å². The minimum Gasteiger partial charge on any atom is -0.496 e. The second-order valence-corrected chi connectivity index (χ2v) is 10.3. The fourth-order valence-corrected chi connectivity index (χ4v) is 4.83. The molecule has 8 nitrogen and oxygen atoms in total. The van der Waals surface area contributed by atoms with E-state index in [4.69, 9.17) is 18.4 Å². The highest BCUT2D eigenvalue weighted by molar-refractivity contribution is 7.86. The molecule has 0 saturated carbocycles. The van der Waals surface area contributed by atoms with Gasteiger partial charge in [-0.3, -0.25) is 0 Å². The fraction of sp³-hybridized carbons (Fsp3) is 0.200. The molecule has 0 unspecified atom stereocenters. The molecule has 9 heteroatoms. The Morgan fingerprint density at radius 2 is 1.46 bits per heavy atom. The van der Waals surface area contributed by atoms with Gasteiger partial charge in [-0.2, -0.15) is 8.42 Å². The molecule has 4 aromatic carbocycles. The van der Waals surface area contributed by atoms with Gasteiger partial charge < -0.3 is 28.6 Å². The minimum absolute atomic E-state index is 0.178. The van der Waals surface area contributed by atoms with E-state index >= 15 is 0 Å². The maximum atomic E-state index is 11.5. The van der Waals surface area contributed by atoms with Crippen molar-refractivity contribution in [1.82, 2.24) is 0 Å². The van der Waals surface area contributed by atoms with Gasteiger partial charge in [-0.25, -0.2) is 0 Å². The molecule has 0 spiro atoms. The molecule has 4 aromatic rings. The molecule has 0 heterocycles. The van der Waals surface area contributed by atoms with Crippen LogP contribution in [-0.4, -0.2) is 39.1 Å². The summed E-state index contributed by atoms with van der Waals surface area (Å²) in [7, 11) is -0.616. The van der Waals surface area contributed by atoms with Crippen molar-refractivity contribution in [3.8, 4) is 45.3 Å². The van der Waals surface area contributed by atoms with Crippen LogP contribution in [0.3, 0.4) is 0 Å². The van der Waals surface area contributed by atoms with Crippen LogP contribution < -0.4 is 18.4 Å². The van der Waals surface area contributed by atoms with E-state index in [1.165, 1.54) is 26.4 Å². The monoisotopic (exact) mass is 550 g/mol. The predicted octanol–water partition coefficient (Wildman–Crippen LogP) is 4.94. The van der Waals surface area contributed by atoms with Gasteiger partial charge in [0.25, 0.3) is 0 Å². The molecule has 0 bridgehead atoms. The van der Waals surface area contributed by atoms with Gasteiger partial charge in [0.2, 0.25) is 0 Å². The van der Waals surface area contributed by atoms with Crippen LogP contribution in [0.2, 0.25) is 0 Å². The molecular weight excluding hydrogens is 520 g/mol. The quantitative estimate of drug-likeness (QED) is 0.253. The van der Waals surface area contributed by atoms with Crippen molar-refractivity contribution in [2.75, 3.05) is 20.5 Å². The van der Waals surface area contributed by atoms with Crippen molar-refractivity contribution in [2.24, 2.45) is 0 Å². The third-order valence-electron chi connectivity index (χ3n) is 6.09. The number of benzene rings is 4. The lowest BCUT2D eigenvalue weighted by molar-refractivity contribution is 0.259. The second kappa shape index (κ2) is 12.2. The third-order valence-corrected chi connectivity index (χ3v) is 6.59. The lowest BCUT2D eigenvalue weighted by Gasteiger charge is -2.21. The molecule has 0 radical (unpaired) electrons. The zero-order chi connectivity index (χ0) is 28.0. The summed E-state index contributed by atoms with van der Waals surface area (Å²) in [5.41, 5.74) is 4.73. The van der Waals surface area contributed by atoms with Gasteiger partial charge in [0.05, 0.1) is 33.7 Å². The number of aliphatic hydroxyl groups is 2. The van der Waals surface area contributed by atoms with Gasteiger partial charge in [-0.15, -0.1) is 0 Å². The van der Waals surface area contributed by atoms with Crippen molar-refractivity contribution in [1.29, 1.82) is 0 Å². The average molecular weight is 551 g/mol. The van der Waals surface area contributed by atoms with Crippen LogP contribution in [0.5, 0.6) is 23.0 Å². The predicted molar refractivity (Wildman–Crippen MR) is 149 cm³/mol. The summed E-state index contributed by atoms with van der Waals surface area (Å²) in [6, 6.07) is 23.4. The Balaban J connectivity index is 1.75. The molecule has 0 fully saturated rings. The summed E-state index contributed by atoms with van der Waals surface area (Å²) in [6.45, 7) is -0.237. The van der Waals surface area contributed by atoms with Crippen molar-refractivity contribution in [3.05, 3.63) is 95.6 Å². The number of methoxy groups -OCH3 is 2. The van der Waals surface area contributed by atoms with Crippen LogP contribution in [0, 0.1) is 0 Å². The molecule has 0 aliphatic rings. The first-order valence-electron chi connectivity index (χ1n) is 12.1. The first-order valence-corrected chi connectivity index (χ1v) is 13.9. The third kappa shape index (κ3) is 6.51. The van der Waals surface area contributed by atoms with Gasteiger partial charge in [0, 0.05) is 22.3 Å². The fourth-order valence-electron chi connectivity index (χ4n) is 4.37. The van der Waals surface area contributed by atoms with Crippen LogP contribution in [-0.2, 0) is 29.9 Å². The lowest BCUT2D eigenvalue weighted by Crippen LogP contribution is -2.05. The highest BCUT2D eigenvalue weighted by atomic mass is 32.2. The summed E-state index contributed by atoms with van der Waals surface area (Å²) >= 11 is 0. The molecule has 204 valence electrons. The topological polar surface area (TPSA) is 112 Å². The number of ether oxygens (including phenoxy) is 3. The number of rotatable bonds is 11. The van der Waals surface area contributed by atoms with E-state index in [2.05, 4.69) is 0 Å². The molecule has 0 aliphatic heterocycles. The van der Waals surface area contributed by atoms with Gasteiger partial charge in [-0.05, 0) is 47.0 Å². The van der Waals surface area contributed by atoms with E-state index in [-0.39, 0.29) is 19.0 Å². The lowest BCUT2D eigenvalue weighted by atomic mass is 9.91. The summed E-state index contributed by atoms with van der Waals surface area (Å²) < 4.78 is 45.3. The summed E-state index contributed by atoms with van der Waals surface area (Å²) in [4.78, 5) is 0. The Bertz CT molecular complexity index is 1530. The molecule has 2 N–H and O–H groups in total. The van der Waals surface area contributed by atoms with Gasteiger partial charge in [-0.1, -0.05) is 48.5 Å². The number of aliphatic hydroxyl groups excluding tert-OH is 2. The van der Waals surface area contributed by atoms with Crippen LogP contribution in [0.25, 0.3) is 22.3 Å². The largest absolute Gasteiger partial charge is 0.496 e. The summed E-state index contributed by atoms with van der Waals surface area (Å²) in [6.07, 6.45) is 0.977. The Labute approximate surface area is 228 Å². The van der Waals surface area contributed by atoms with E-state index < -0.39 is 10.1 Å². The Morgan fingerprint density at radius 1 is 0.769 bits per heavy atom. The highest BCUT2D eigenvalue weighted by Gasteiger charge is 2.22. The van der Waals surface area contributed by atoms with E-state index in [1.54, 1.807) is 30.3 Å². The summed E-state index contributed by atoms with van der Waals surface area (Å²) in [5.74, 6) is 1.64. The maximum absolute atomic E-state index is 11.5. The highest BCUT2D eigenvalue weighted by Crippen LogP contribution is 2.46. The normalized spacial score (nSPS) is 11.2. The number of hydrogen-bond acceptors (Lipinski definition) is 8. The molecule has 39 heavy (non-hydrogen) atoms.